The van der Waals surface area contributed by atoms with Crippen LogP contribution in [0.25, 0.3) is 0 Å². The molecule has 0 atom stereocenters. The van der Waals surface area contributed by atoms with E-state index in [2.05, 4.69) is 15.8 Å². The third-order valence-corrected chi connectivity index (χ3v) is 5.33. The minimum absolute atomic E-state index is 0.245. The van der Waals surface area contributed by atoms with Gasteiger partial charge >= 0.3 is 0 Å². The number of carbonyl (C=O) groups excluding carboxylic acids is 2. The molecule has 0 saturated carbocycles. The summed E-state index contributed by atoms with van der Waals surface area (Å²) in [5, 5.41) is 7.53. The van der Waals surface area contributed by atoms with Crippen molar-refractivity contribution < 1.29 is 23.8 Å². The Hall–Kier alpha value is -3.75. The van der Waals surface area contributed by atoms with Crippen LogP contribution in [0.5, 0.6) is 17.2 Å². The predicted molar refractivity (Wildman–Crippen MR) is 135 cm³/mol. The lowest BCUT2D eigenvalue weighted by molar-refractivity contribution is -0.120. The first-order valence-electron chi connectivity index (χ1n) is 10.4. The fraction of sp³-hybridized carbons (Fsp3) is 0.160. The Kier molecular flexibility index (Phi) is 9.34. The van der Waals surface area contributed by atoms with Gasteiger partial charge in [0.1, 0.15) is 12.4 Å². The van der Waals surface area contributed by atoms with Gasteiger partial charge in [-0.25, -0.2) is 5.43 Å². The van der Waals surface area contributed by atoms with E-state index in [0.29, 0.717) is 39.5 Å². The zero-order valence-electron chi connectivity index (χ0n) is 19.0. The zero-order valence-corrected chi connectivity index (χ0v) is 20.5. The summed E-state index contributed by atoms with van der Waals surface area (Å²) < 4.78 is 16.1. The number of ether oxygens (including phenoxy) is 3. The average Bonchev–Trinajstić information content (AvgIpc) is 2.87. The highest BCUT2D eigenvalue weighted by Crippen LogP contribution is 2.27. The number of rotatable bonds is 10. The lowest BCUT2D eigenvalue weighted by atomic mass is 10.2. The van der Waals surface area contributed by atoms with Crippen LogP contribution in [-0.2, 0) is 11.4 Å². The average molecular weight is 516 g/mol. The van der Waals surface area contributed by atoms with E-state index in [9.17, 15) is 9.59 Å². The van der Waals surface area contributed by atoms with Gasteiger partial charge in [0.15, 0.2) is 11.5 Å². The van der Waals surface area contributed by atoms with E-state index in [-0.39, 0.29) is 6.54 Å². The molecule has 0 bridgehead atoms. The van der Waals surface area contributed by atoms with Gasteiger partial charge in [-0.05, 0) is 60.2 Å². The fourth-order valence-electron chi connectivity index (χ4n) is 2.91. The van der Waals surface area contributed by atoms with Gasteiger partial charge < -0.3 is 19.5 Å². The number of hydrogen-bond acceptors (Lipinski definition) is 6. The molecule has 0 aliphatic rings. The molecule has 0 fully saturated rings. The van der Waals surface area contributed by atoms with E-state index >= 15 is 0 Å². The van der Waals surface area contributed by atoms with Crippen molar-refractivity contribution in [1.29, 1.82) is 0 Å². The van der Waals surface area contributed by atoms with Crippen LogP contribution in [0.2, 0.25) is 10.0 Å². The van der Waals surface area contributed by atoms with Crippen LogP contribution in [0.4, 0.5) is 0 Å². The van der Waals surface area contributed by atoms with Crippen LogP contribution in [0.15, 0.2) is 65.8 Å². The van der Waals surface area contributed by atoms with Crippen LogP contribution in [0, 0.1) is 0 Å². The molecule has 2 amide bonds. The molecular formula is C25H23Cl2N3O5. The number of nitrogens with zero attached hydrogens (tertiary/aromatic N) is 1. The van der Waals surface area contributed by atoms with Crippen LogP contribution in [0.3, 0.4) is 0 Å². The molecule has 0 aliphatic carbocycles. The normalized spacial score (nSPS) is 10.6. The number of methoxy groups -OCH3 is 2. The number of nitrogens with one attached hydrogen (secondary N) is 2. The molecule has 8 nitrogen and oxygen atoms in total. The molecule has 3 aromatic carbocycles. The van der Waals surface area contributed by atoms with Crippen LogP contribution in [0.1, 0.15) is 21.5 Å². The summed E-state index contributed by atoms with van der Waals surface area (Å²) in [6, 6.07) is 17.1. The third kappa shape index (κ3) is 7.63. The molecule has 2 N–H and O–H groups in total. The van der Waals surface area contributed by atoms with E-state index in [1.165, 1.54) is 26.5 Å². The Morgan fingerprint density at radius 2 is 1.69 bits per heavy atom. The second-order valence-electron chi connectivity index (χ2n) is 7.14. The summed E-state index contributed by atoms with van der Waals surface area (Å²) >= 11 is 12.0. The smallest absolute Gasteiger partial charge is 0.259 e. The lowest BCUT2D eigenvalue weighted by Gasteiger charge is -2.09. The minimum Gasteiger partial charge on any atom is -0.493 e. The summed E-state index contributed by atoms with van der Waals surface area (Å²) in [6.07, 6.45) is 1.48. The van der Waals surface area contributed by atoms with Gasteiger partial charge in [-0.2, -0.15) is 5.10 Å². The Balaban J connectivity index is 1.44. The van der Waals surface area contributed by atoms with E-state index in [4.69, 9.17) is 37.4 Å². The summed E-state index contributed by atoms with van der Waals surface area (Å²) in [4.78, 5) is 24.3. The van der Waals surface area contributed by atoms with Gasteiger partial charge in [-0.15, -0.1) is 0 Å². The molecule has 10 heteroatoms. The Morgan fingerprint density at radius 1 is 0.943 bits per heavy atom. The maximum Gasteiger partial charge on any atom is 0.259 e. The maximum atomic E-state index is 12.3. The highest BCUT2D eigenvalue weighted by atomic mass is 35.5. The lowest BCUT2D eigenvalue weighted by Crippen LogP contribution is -2.34. The number of amides is 2. The Morgan fingerprint density at radius 3 is 2.37 bits per heavy atom. The summed E-state index contributed by atoms with van der Waals surface area (Å²) in [5.41, 5.74) is 4.27. The number of hydrogen-bond donors (Lipinski definition) is 2. The van der Waals surface area contributed by atoms with Gasteiger partial charge in [0.25, 0.3) is 11.8 Å². The van der Waals surface area contributed by atoms with Crippen LogP contribution < -0.4 is 25.0 Å². The molecule has 3 aromatic rings. The summed E-state index contributed by atoms with van der Waals surface area (Å²) in [5.74, 6) is 0.659. The van der Waals surface area contributed by atoms with Crippen molar-refractivity contribution in [1.82, 2.24) is 10.7 Å². The van der Waals surface area contributed by atoms with E-state index < -0.39 is 11.8 Å². The van der Waals surface area contributed by atoms with Crippen molar-refractivity contribution >= 4 is 41.2 Å². The van der Waals surface area contributed by atoms with Gasteiger partial charge in [0.2, 0.25) is 0 Å². The fourth-order valence-corrected chi connectivity index (χ4v) is 3.37. The molecule has 0 aromatic heterocycles. The molecule has 0 unspecified atom stereocenters. The van der Waals surface area contributed by atoms with Gasteiger partial charge in [0.05, 0.1) is 27.0 Å². The molecule has 0 aliphatic heterocycles. The second kappa shape index (κ2) is 12.6. The summed E-state index contributed by atoms with van der Waals surface area (Å²) in [7, 11) is 2.98. The largest absolute Gasteiger partial charge is 0.493 e. The van der Waals surface area contributed by atoms with Crippen molar-refractivity contribution in [3.8, 4) is 17.2 Å². The van der Waals surface area contributed by atoms with Crippen molar-refractivity contribution in [3.05, 3.63) is 87.4 Å². The highest BCUT2D eigenvalue weighted by Gasteiger charge is 2.11. The SMILES string of the molecule is COc1ccc(C(=O)NCC(=O)N/N=C\c2ccc(OCc3ccc(Cl)cc3Cl)cc2)cc1OC. The van der Waals surface area contributed by atoms with E-state index in [1.807, 2.05) is 6.07 Å². The zero-order chi connectivity index (χ0) is 25.2. The van der Waals surface area contributed by atoms with E-state index in [1.54, 1.807) is 48.5 Å². The van der Waals surface area contributed by atoms with Gasteiger partial charge in [-0.1, -0.05) is 29.3 Å². The first-order valence-corrected chi connectivity index (χ1v) is 11.1. The van der Waals surface area contributed by atoms with Crippen molar-refractivity contribution in [2.75, 3.05) is 20.8 Å². The minimum atomic E-state index is -0.477. The topological polar surface area (TPSA) is 98.2 Å². The van der Waals surface area contributed by atoms with Crippen LogP contribution >= 0.6 is 23.2 Å². The molecule has 0 spiro atoms. The molecule has 35 heavy (non-hydrogen) atoms. The number of carbonyl (C=O) groups is 2. The van der Waals surface area contributed by atoms with Crippen LogP contribution in [-0.4, -0.2) is 38.8 Å². The molecular weight excluding hydrogens is 493 g/mol. The second-order valence-corrected chi connectivity index (χ2v) is 7.98. The third-order valence-electron chi connectivity index (χ3n) is 4.75. The molecule has 0 saturated heterocycles. The Labute approximate surface area is 212 Å². The monoisotopic (exact) mass is 515 g/mol. The standard InChI is InChI=1S/C25H23Cl2N3O5/c1-33-22-10-6-17(11-23(22)34-2)25(32)28-14-24(31)30-29-13-16-3-8-20(9-4-16)35-15-18-5-7-19(26)12-21(18)27/h3-13H,14-15H2,1-2H3,(H,28,32)(H,30,31)/b29-13-. The quantitative estimate of drug-likeness (QED) is 0.306. The van der Waals surface area contributed by atoms with Crippen molar-refractivity contribution in [2.45, 2.75) is 6.61 Å². The van der Waals surface area contributed by atoms with Gasteiger partial charge in [-0.3, -0.25) is 9.59 Å². The molecule has 0 radical (unpaired) electrons. The maximum absolute atomic E-state index is 12.3. The molecule has 0 heterocycles. The predicted octanol–water partition coefficient (Wildman–Crippen LogP) is 4.47. The van der Waals surface area contributed by atoms with Gasteiger partial charge in [0, 0.05) is 21.2 Å². The van der Waals surface area contributed by atoms with Crippen molar-refractivity contribution in [3.63, 3.8) is 0 Å². The number of hydrazone groups is 1. The Bertz CT molecular complexity index is 1220. The summed E-state index contributed by atoms with van der Waals surface area (Å²) in [6.45, 7) is 0.0546. The van der Waals surface area contributed by atoms with Crippen molar-refractivity contribution in [2.24, 2.45) is 5.10 Å². The number of halogens is 2. The first kappa shape index (κ1) is 25.9. The highest BCUT2D eigenvalue weighted by molar-refractivity contribution is 6.35. The van der Waals surface area contributed by atoms with E-state index in [0.717, 1.165) is 11.1 Å². The molecule has 182 valence electrons. The number of benzene rings is 3. The molecule has 3 rings (SSSR count). The first-order chi connectivity index (χ1) is 16.9.